The molecule has 0 bridgehead atoms. The van der Waals surface area contributed by atoms with Crippen molar-refractivity contribution in [3.63, 3.8) is 0 Å². The third-order valence-electron chi connectivity index (χ3n) is 4.02. The first-order chi connectivity index (χ1) is 9.95. The van der Waals surface area contributed by atoms with Crippen molar-refractivity contribution in [1.82, 2.24) is 10.2 Å². The van der Waals surface area contributed by atoms with Gasteiger partial charge in [-0.1, -0.05) is 12.1 Å². The summed E-state index contributed by atoms with van der Waals surface area (Å²) in [6.45, 7) is 5.83. The molecule has 21 heavy (non-hydrogen) atoms. The molecule has 118 valence electrons. The van der Waals surface area contributed by atoms with Crippen LogP contribution >= 0.6 is 0 Å². The van der Waals surface area contributed by atoms with E-state index >= 15 is 0 Å². The minimum atomic E-state index is -2.78. The predicted molar refractivity (Wildman–Crippen MR) is 79.7 cm³/mol. The summed E-state index contributed by atoms with van der Waals surface area (Å²) in [7, 11) is 0. The van der Waals surface area contributed by atoms with Gasteiger partial charge in [-0.2, -0.15) is 8.78 Å². The second kappa shape index (κ2) is 7.18. The number of rotatable bonds is 6. The molecule has 1 aromatic rings. The third-order valence-corrected chi connectivity index (χ3v) is 4.02. The van der Waals surface area contributed by atoms with E-state index in [0.717, 1.165) is 25.1 Å². The van der Waals surface area contributed by atoms with Gasteiger partial charge in [-0.05, 0) is 51.4 Å². The van der Waals surface area contributed by atoms with Crippen LogP contribution in [0.3, 0.4) is 0 Å². The molecule has 1 aliphatic rings. The average Bonchev–Trinajstić information content (AvgIpc) is 2.87. The van der Waals surface area contributed by atoms with Crippen molar-refractivity contribution in [2.75, 3.05) is 13.1 Å². The Kier molecular flexibility index (Phi) is 5.53. The van der Waals surface area contributed by atoms with Crippen molar-refractivity contribution in [3.05, 3.63) is 29.8 Å². The lowest BCUT2D eigenvalue weighted by Gasteiger charge is -2.23. The topological polar surface area (TPSA) is 24.5 Å². The zero-order valence-electron chi connectivity index (χ0n) is 12.9. The Balaban J connectivity index is 1.93. The van der Waals surface area contributed by atoms with Crippen molar-refractivity contribution in [1.29, 1.82) is 0 Å². The first kappa shape index (κ1) is 16.2. The van der Waals surface area contributed by atoms with Gasteiger partial charge in [0.1, 0.15) is 5.75 Å². The second-order valence-electron chi connectivity index (χ2n) is 5.91. The lowest BCUT2D eigenvalue weighted by molar-refractivity contribution is -0.0499. The van der Waals surface area contributed by atoms with Crippen LogP contribution in [0.1, 0.15) is 38.8 Å². The fourth-order valence-corrected chi connectivity index (χ4v) is 2.80. The van der Waals surface area contributed by atoms with Crippen molar-refractivity contribution in [2.24, 2.45) is 0 Å². The molecule has 1 heterocycles. The zero-order chi connectivity index (χ0) is 15.4. The fraction of sp³-hybridized carbons (Fsp3) is 0.625. The van der Waals surface area contributed by atoms with Crippen LogP contribution in [0.2, 0.25) is 0 Å². The maximum absolute atomic E-state index is 12.3. The van der Waals surface area contributed by atoms with E-state index in [4.69, 9.17) is 0 Å². The average molecular weight is 298 g/mol. The van der Waals surface area contributed by atoms with E-state index in [9.17, 15) is 8.78 Å². The van der Waals surface area contributed by atoms with Gasteiger partial charge in [-0.25, -0.2) is 0 Å². The second-order valence-corrected chi connectivity index (χ2v) is 5.91. The number of hydrogen-bond donors (Lipinski definition) is 1. The normalized spacial score (nSPS) is 21.2. The van der Waals surface area contributed by atoms with E-state index in [-0.39, 0.29) is 11.8 Å². The van der Waals surface area contributed by atoms with Crippen molar-refractivity contribution in [2.45, 2.75) is 51.9 Å². The number of likely N-dealkylation sites (tertiary alicyclic amines) is 1. The van der Waals surface area contributed by atoms with Crippen LogP contribution in [0.15, 0.2) is 24.3 Å². The summed E-state index contributed by atoms with van der Waals surface area (Å²) in [5.74, 6) is 0.214. The summed E-state index contributed by atoms with van der Waals surface area (Å²) in [6, 6.07) is 8.04. The Hall–Kier alpha value is -1.20. The predicted octanol–water partition coefficient (Wildman–Crippen LogP) is 3.42. The molecule has 0 saturated carbocycles. The van der Waals surface area contributed by atoms with Gasteiger partial charge >= 0.3 is 6.61 Å². The minimum Gasteiger partial charge on any atom is -0.435 e. The Labute approximate surface area is 125 Å². The summed E-state index contributed by atoms with van der Waals surface area (Å²) >= 11 is 0. The van der Waals surface area contributed by atoms with E-state index in [2.05, 4.69) is 35.7 Å². The van der Waals surface area contributed by atoms with Gasteiger partial charge in [0.25, 0.3) is 0 Å². The van der Waals surface area contributed by atoms with Gasteiger partial charge in [0, 0.05) is 24.7 Å². The zero-order valence-corrected chi connectivity index (χ0v) is 12.9. The highest BCUT2D eigenvalue weighted by molar-refractivity contribution is 5.30. The molecule has 1 N–H and O–H groups in total. The Bertz CT molecular complexity index is 454. The molecule has 1 fully saturated rings. The monoisotopic (exact) mass is 298 g/mol. The van der Waals surface area contributed by atoms with Crippen LogP contribution < -0.4 is 10.1 Å². The van der Waals surface area contributed by atoms with Crippen LogP contribution in [0, 0.1) is 0 Å². The first-order valence-corrected chi connectivity index (χ1v) is 7.50. The summed E-state index contributed by atoms with van der Waals surface area (Å²) in [4.78, 5) is 2.45. The molecule has 2 atom stereocenters. The summed E-state index contributed by atoms with van der Waals surface area (Å²) < 4.78 is 29.0. The smallest absolute Gasteiger partial charge is 0.387 e. The standard InChI is InChI=1S/C16H24F2N2O/c1-11(2)20-8-7-14(10-20)19-12(3)13-5-4-6-15(9-13)21-16(17)18/h4-6,9,11-12,14,16,19H,7-8,10H2,1-3H3. The Morgan fingerprint density at radius 1 is 1.29 bits per heavy atom. The largest absolute Gasteiger partial charge is 0.435 e. The van der Waals surface area contributed by atoms with Crippen LogP contribution in [0.5, 0.6) is 5.75 Å². The molecule has 3 nitrogen and oxygen atoms in total. The number of benzene rings is 1. The van der Waals surface area contributed by atoms with Gasteiger partial charge in [0.15, 0.2) is 0 Å². The number of nitrogens with one attached hydrogen (secondary N) is 1. The molecule has 1 aromatic carbocycles. The van der Waals surface area contributed by atoms with Crippen LogP contribution in [0.25, 0.3) is 0 Å². The lowest BCUT2D eigenvalue weighted by atomic mass is 10.1. The van der Waals surface area contributed by atoms with E-state index in [1.807, 2.05) is 6.07 Å². The molecule has 2 rings (SSSR count). The molecule has 0 aromatic heterocycles. The number of nitrogens with zero attached hydrogens (tertiary/aromatic N) is 1. The van der Waals surface area contributed by atoms with Gasteiger partial charge in [-0.3, -0.25) is 4.90 Å². The van der Waals surface area contributed by atoms with Crippen molar-refractivity contribution < 1.29 is 13.5 Å². The number of alkyl halides is 2. The van der Waals surface area contributed by atoms with E-state index in [1.165, 1.54) is 0 Å². The molecule has 2 unspecified atom stereocenters. The third kappa shape index (κ3) is 4.64. The van der Waals surface area contributed by atoms with Crippen molar-refractivity contribution in [3.8, 4) is 5.75 Å². The van der Waals surface area contributed by atoms with E-state index < -0.39 is 6.61 Å². The number of halogens is 2. The summed E-state index contributed by atoms with van der Waals surface area (Å²) in [5.41, 5.74) is 0.969. The maximum Gasteiger partial charge on any atom is 0.387 e. The molecule has 1 aliphatic heterocycles. The van der Waals surface area contributed by atoms with E-state index in [0.29, 0.717) is 12.1 Å². The van der Waals surface area contributed by atoms with Gasteiger partial charge in [0.05, 0.1) is 0 Å². The molecule has 1 saturated heterocycles. The summed E-state index contributed by atoms with van der Waals surface area (Å²) in [6.07, 6.45) is 1.12. The minimum absolute atomic E-state index is 0.114. The molecule has 0 radical (unpaired) electrons. The molecular formula is C16H24F2N2O. The lowest BCUT2D eigenvalue weighted by Crippen LogP contribution is -2.36. The molecular weight excluding hydrogens is 274 g/mol. The molecule has 0 amide bonds. The SMILES string of the molecule is CC(NC1CCN(C(C)C)C1)c1cccc(OC(F)F)c1. The quantitative estimate of drug-likeness (QED) is 0.871. The molecule has 5 heteroatoms. The summed E-state index contributed by atoms with van der Waals surface area (Å²) in [5, 5.41) is 3.58. The number of hydrogen-bond acceptors (Lipinski definition) is 3. The van der Waals surface area contributed by atoms with Gasteiger partial charge < -0.3 is 10.1 Å². The first-order valence-electron chi connectivity index (χ1n) is 7.50. The molecule has 0 aliphatic carbocycles. The Morgan fingerprint density at radius 3 is 2.67 bits per heavy atom. The van der Waals surface area contributed by atoms with Gasteiger partial charge in [-0.15, -0.1) is 0 Å². The Morgan fingerprint density at radius 2 is 2.05 bits per heavy atom. The van der Waals surface area contributed by atoms with E-state index in [1.54, 1.807) is 18.2 Å². The fourth-order valence-electron chi connectivity index (χ4n) is 2.80. The highest BCUT2D eigenvalue weighted by atomic mass is 19.3. The van der Waals surface area contributed by atoms with Crippen LogP contribution in [0.4, 0.5) is 8.78 Å². The van der Waals surface area contributed by atoms with Gasteiger partial charge in [0.2, 0.25) is 0 Å². The highest BCUT2D eigenvalue weighted by Crippen LogP contribution is 2.22. The maximum atomic E-state index is 12.3. The molecule has 0 spiro atoms. The van der Waals surface area contributed by atoms with Crippen LogP contribution in [-0.2, 0) is 0 Å². The van der Waals surface area contributed by atoms with Crippen LogP contribution in [-0.4, -0.2) is 36.7 Å². The van der Waals surface area contributed by atoms with Crippen molar-refractivity contribution >= 4 is 0 Å². The highest BCUT2D eigenvalue weighted by Gasteiger charge is 2.25. The number of ether oxygens (including phenoxy) is 1.